The first kappa shape index (κ1) is 10.3. The molecule has 0 saturated heterocycles. The van der Waals surface area contributed by atoms with E-state index in [2.05, 4.69) is 53.7 Å². The molecule has 0 aliphatic rings. The quantitative estimate of drug-likeness (QED) is 0.646. The van der Waals surface area contributed by atoms with Crippen LogP contribution < -0.4 is 0 Å². The predicted molar refractivity (Wildman–Crippen MR) is 72.1 cm³/mol. The zero-order valence-electron chi connectivity index (χ0n) is 10.2. The van der Waals surface area contributed by atoms with E-state index in [0.717, 1.165) is 6.54 Å². The predicted octanol–water partition coefficient (Wildman–Crippen LogP) is 3.85. The van der Waals surface area contributed by atoms with E-state index in [1.54, 1.807) is 0 Å². The summed E-state index contributed by atoms with van der Waals surface area (Å²) in [6.45, 7) is 5.53. The highest BCUT2D eigenvalue weighted by Gasteiger charge is 2.10. The summed E-state index contributed by atoms with van der Waals surface area (Å²) in [5, 5.41) is 2.63. The van der Waals surface area contributed by atoms with E-state index < -0.39 is 0 Å². The first-order chi connectivity index (χ1) is 8.27. The summed E-state index contributed by atoms with van der Waals surface area (Å²) < 4.78 is 2.38. The van der Waals surface area contributed by atoms with Gasteiger partial charge >= 0.3 is 0 Å². The molecule has 0 aliphatic carbocycles. The van der Waals surface area contributed by atoms with Crippen LogP contribution in [0.3, 0.4) is 0 Å². The lowest BCUT2D eigenvalue weighted by Crippen LogP contribution is -2.03. The number of nitrogens with zero attached hydrogens (tertiary/aromatic N) is 2. The van der Waals surface area contributed by atoms with E-state index in [1.807, 2.05) is 12.4 Å². The van der Waals surface area contributed by atoms with Crippen molar-refractivity contribution in [1.29, 1.82) is 0 Å². The van der Waals surface area contributed by atoms with Crippen molar-refractivity contribution in [2.45, 2.75) is 20.4 Å². The highest BCUT2D eigenvalue weighted by atomic mass is 15.0. The summed E-state index contributed by atoms with van der Waals surface area (Å²) in [5.74, 6) is 0.634. The van der Waals surface area contributed by atoms with Crippen molar-refractivity contribution >= 4 is 21.8 Å². The van der Waals surface area contributed by atoms with Crippen LogP contribution in [-0.2, 0) is 6.54 Å². The number of rotatable bonds is 2. The van der Waals surface area contributed by atoms with Gasteiger partial charge in [-0.05, 0) is 18.1 Å². The summed E-state index contributed by atoms with van der Waals surface area (Å²) in [6, 6.07) is 10.7. The molecule has 0 N–H and O–H groups in total. The SMILES string of the molecule is CC(C)Cn1c2ccccc2c2ccncc21. The van der Waals surface area contributed by atoms with Gasteiger partial charge in [0.05, 0.1) is 11.7 Å². The van der Waals surface area contributed by atoms with Gasteiger partial charge in [-0.1, -0.05) is 32.0 Å². The highest BCUT2D eigenvalue weighted by Crippen LogP contribution is 2.28. The largest absolute Gasteiger partial charge is 0.339 e. The van der Waals surface area contributed by atoms with E-state index >= 15 is 0 Å². The number of fused-ring (bicyclic) bond motifs is 3. The third-order valence-corrected chi connectivity index (χ3v) is 3.12. The lowest BCUT2D eigenvalue weighted by Gasteiger charge is -2.09. The second-order valence-electron chi connectivity index (χ2n) is 4.91. The van der Waals surface area contributed by atoms with Gasteiger partial charge in [0.1, 0.15) is 0 Å². The lowest BCUT2D eigenvalue weighted by molar-refractivity contribution is 0.545. The number of hydrogen-bond acceptors (Lipinski definition) is 1. The smallest absolute Gasteiger partial charge is 0.0677 e. The minimum Gasteiger partial charge on any atom is -0.339 e. The Labute approximate surface area is 101 Å². The number of benzene rings is 1. The third-order valence-electron chi connectivity index (χ3n) is 3.12. The second kappa shape index (κ2) is 3.88. The Balaban J connectivity index is 2.41. The standard InChI is InChI=1S/C15H16N2/c1-11(2)10-17-14-6-4-3-5-12(14)13-7-8-16-9-15(13)17/h3-9,11H,10H2,1-2H3. The van der Waals surface area contributed by atoms with E-state index in [0.29, 0.717) is 5.92 Å². The summed E-state index contributed by atoms with van der Waals surface area (Å²) in [5.41, 5.74) is 2.55. The molecule has 0 saturated carbocycles. The zero-order chi connectivity index (χ0) is 11.8. The molecule has 1 aromatic carbocycles. The Bertz CT molecular complexity index is 612. The van der Waals surface area contributed by atoms with Crippen molar-refractivity contribution in [1.82, 2.24) is 9.55 Å². The van der Waals surface area contributed by atoms with Crippen LogP contribution in [0, 0.1) is 5.92 Å². The van der Waals surface area contributed by atoms with Gasteiger partial charge in [-0.3, -0.25) is 4.98 Å². The van der Waals surface area contributed by atoms with Gasteiger partial charge in [-0.25, -0.2) is 0 Å². The van der Waals surface area contributed by atoms with E-state index in [1.165, 1.54) is 21.8 Å². The molecule has 2 nitrogen and oxygen atoms in total. The Morgan fingerprint density at radius 3 is 2.65 bits per heavy atom. The topological polar surface area (TPSA) is 17.8 Å². The van der Waals surface area contributed by atoms with Crippen molar-refractivity contribution in [3.8, 4) is 0 Å². The highest BCUT2D eigenvalue weighted by molar-refractivity contribution is 6.07. The van der Waals surface area contributed by atoms with Crippen LogP contribution in [0.25, 0.3) is 21.8 Å². The minimum absolute atomic E-state index is 0.634. The van der Waals surface area contributed by atoms with E-state index in [-0.39, 0.29) is 0 Å². The Morgan fingerprint density at radius 2 is 1.82 bits per heavy atom. The second-order valence-corrected chi connectivity index (χ2v) is 4.91. The van der Waals surface area contributed by atoms with Crippen LogP contribution in [0.15, 0.2) is 42.7 Å². The van der Waals surface area contributed by atoms with Gasteiger partial charge in [-0.15, -0.1) is 0 Å². The molecule has 0 radical (unpaired) electrons. The normalized spacial score (nSPS) is 11.7. The molecular formula is C15H16N2. The van der Waals surface area contributed by atoms with Crippen molar-refractivity contribution < 1.29 is 0 Å². The Morgan fingerprint density at radius 1 is 1.06 bits per heavy atom. The molecule has 2 aromatic heterocycles. The number of pyridine rings is 1. The van der Waals surface area contributed by atoms with Gasteiger partial charge in [0.2, 0.25) is 0 Å². The van der Waals surface area contributed by atoms with Crippen molar-refractivity contribution in [3.05, 3.63) is 42.7 Å². The van der Waals surface area contributed by atoms with Crippen molar-refractivity contribution in [2.24, 2.45) is 5.92 Å². The maximum Gasteiger partial charge on any atom is 0.0677 e. The number of para-hydroxylation sites is 1. The fourth-order valence-electron chi connectivity index (χ4n) is 2.46. The van der Waals surface area contributed by atoms with Gasteiger partial charge in [0.25, 0.3) is 0 Å². The van der Waals surface area contributed by atoms with E-state index in [4.69, 9.17) is 0 Å². The van der Waals surface area contributed by atoms with Crippen LogP contribution in [0.2, 0.25) is 0 Å². The first-order valence-electron chi connectivity index (χ1n) is 6.08. The number of hydrogen-bond donors (Lipinski definition) is 0. The zero-order valence-corrected chi connectivity index (χ0v) is 10.2. The molecule has 3 aromatic rings. The lowest BCUT2D eigenvalue weighted by atomic mass is 10.2. The summed E-state index contributed by atoms with van der Waals surface area (Å²) in [4.78, 5) is 4.26. The fourth-order valence-corrected chi connectivity index (χ4v) is 2.46. The monoisotopic (exact) mass is 224 g/mol. The molecule has 0 fully saturated rings. The molecule has 0 spiro atoms. The molecule has 2 heterocycles. The molecule has 0 atom stereocenters. The molecule has 3 rings (SSSR count). The number of aromatic nitrogens is 2. The molecule has 86 valence electrons. The van der Waals surface area contributed by atoms with E-state index in [9.17, 15) is 0 Å². The maximum atomic E-state index is 4.26. The van der Waals surface area contributed by atoms with Gasteiger partial charge < -0.3 is 4.57 Å². The summed E-state index contributed by atoms with van der Waals surface area (Å²) in [6.07, 6.45) is 3.84. The van der Waals surface area contributed by atoms with Gasteiger partial charge in [-0.2, -0.15) is 0 Å². The van der Waals surface area contributed by atoms with Crippen molar-refractivity contribution in [3.63, 3.8) is 0 Å². The summed E-state index contributed by atoms with van der Waals surface area (Å²) >= 11 is 0. The molecule has 0 aliphatic heterocycles. The Hall–Kier alpha value is -1.83. The molecule has 0 amide bonds. The molecule has 0 unspecified atom stereocenters. The Kier molecular flexibility index (Phi) is 2.36. The third kappa shape index (κ3) is 1.60. The van der Waals surface area contributed by atoms with Crippen LogP contribution in [-0.4, -0.2) is 9.55 Å². The maximum absolute atomic E-state index is 4.26. The fraction of sp³-hybridized carbons (Fsp3) is 0.267. The molecule has 17 heavy (non-hydrogen) atoms. The first-order valence-corrected chi connectivity index (χ1v) is 6.08. The van der Waals surface area contributed by atoms with Crippen LogP contribution in [0.1, 0.15) is 13.8 Å². The molecule has 2 heteroatoms. The summed E-state index contributed by atoms with van der Waals surface area (Å²) in [7, 11) is 0. The average Bonchev–Trinajstić information content (AvgIpc) is 2.65. The van der Waals surface area contributed by atoms with Crippen LogP contribution in [0.5, 0.6) is 0 Å². The van der Waals surface area contributed by atoms with Gasteiger partial charge in [0.15, 0.2) is 0 Å². The molecule has 0 bridgehead atoms. The van der Waals surface area contributed by atoms with Crippen LogP contribution in [0.4, 0.5) is 0 Å². The van der Waals surface area contributed by atoms with Crippen molar-refractivity contribution in [2.75, 3.05) is 0 Å². The average molecular weight is 224 g/mol. The molecular weight excluding hydrogens is 208 g/mol. The van der Waals surface area contributed by atoms with Gasteiger partial charge in [0, 0.05) is 29.0 Å². The minimum atomic E-state index is 0.634. The van der Waals surface area contributed by atoms with Crippen LogP contribution >= 0.6 is 0 Å².